The van der Waals surface area contributed by atoms with Crippen LogP contribution in [0.2, 0.25) is 0 Å². The third kappa shape index (κ3) is 3.64. The molecule has 2 heterocycles. The Hall–Kier alpha value is -0.810. The second kappa shape index (κ2) is 7.27. The molecule has 0 saturated carbocycles. The molecule has 2 amide bonds. The Morgan fingerprint density at radius 2 is 2.05 bits per heavy atom. The molecule has 2 saturated heterocycles. The average Bonchev–Trinajstić information content (AvgIpc) is 2.37. The van der Waals surface area contributed by atoms with Gasteiger partial charge in [0.15, 0.2) is 0 Å². The van der Waals surface area contributed by atoms with E-state index in [1.54, 1.807) is 0 Å². The van der Waals surface area contributed by atoms with Crippen molar-refractivity contribution in [3.05, 3.63) is 0 Å². The van der Waals surface area contributed by atoms with Crippen LogP contribution in [0.5, 0.6) is 0 Å². The van der Waals surface area contributed by atoms with Crippen molar-refractivity contribution < 1.29 is 9.59 Å². The monoisotopic (exact) mass is 303 g/mol. The van der Waals surface area contributed by atoms with Gasteiger partial charge in [0.2, 0.25) is 11.8 Å². The standard InChI is InChI=1S/C14H25N3O2.ClH/c1-9(2)12-13(18)16-6-7-17(12)14(19)11-4-5-15-10(3)8-11;/h9-12,15H,4-8H2,1-3H3,(H,16,18);1H/t10-,11-,12?;/m0./s1. The van der Waals surface area contributed by atoms with Crippen molar-refractivity contribution in [2.45, 2.75) is 45.7 Å². The smallest absolute Gasteiger partial charge is 0.243 e. The van der Waals surface area contributed by atoms with Gasteiger partial charge in [-0.2, -0.15) is 0 Å². The number of nitrogens with zero attached hydrogens (tertiary/aromatic N) is 1. The summed E-state index contributed by atoms with van der Waals surface area (Å²) in [5.74, 6) is 0.394. The summed E-state index contributed by atoms with van der Waals surface area (Å²) >= 11 is 0. The third-order valence-electron chi connectivity index (χ3n) is 4.14. The molecule has 0 aromatic heterocycles. The van der Waals surface area contributed by atoms with Gasteiger partial charge in [-0.05, 0) is 32.2 Å². The first-order valence-corrected chi connectivity index (χ1v) is 7.32. The fourth-order valence-electron chi connectivity index (χ4n) is 3.19. The first-order chi connectivity index (χ1) is 9.00. The van der Waals surface area contributed by atoms with Crippen molar-refractivity contribution in [3.8, 4) is 0 Å². The largest absolute Gasteiger partial charge is 0.353 e. The van der Waals surface area contributed by atoms with E-state index in [9.17, 15) is 9.59 Å². The van der Waals surface area contributed by atoms with Crippen LogP contribution in [0.4, 0.5) is 0 Å². The van der Waals surface area contributed by atoms with Crippen molar-refractivity contribution in [2.24, 2.45) is 11.8 Å². The van der Waals surface area contributed by atoms with Crippen LogP contribution in [0.25, 0.3) is 0 Å². The molecule has 1 unspecified atom stereocenters. The number of halogens is 1. The molecule has 0 aliphatic carbocycles. The van der Waals surface area contributed by atoms with Crippen molar-refractivity contribution in [2.75, 3.05) is 19.6 Å². The molecule has 5 nitrogen and oxygen atoms in total. The van der Waals surface area contributed by atoms with Crippen molar-refractivity contribution in [1.82, 2.24) is 15.5 Å². The lowest BCUT2D eigenvalue weighted by atomic mass is 9.90. The van der Waals surface area contributed by atoms with E-state index in [2.05, 4.69) is 17.6 Å². The Kier molecular flexibility index (Phi) is 6.27. The molecule has 0 bridgehead atoms. The number of hydrogen-bond donors (Lipinski definition) is 2. The van der Waals surface area contributed by atoms with Gasteiger partial charge >= 0.3 is 0 Å². The van der Waals surface area contributed by atoms with E-state index in [0.717, 1.165) is 19.4 Å². The highest BCUT2D eigenvalue weighted by Gasteiger charge is 2.38. The zero-order chi connectivity index (χ0) is 14.0. The Labute approximate surface area is 127 Å². The van der Waals surface area contributed by atoms with Crippen LogP contribution in [0, 0.1) is 11.8 Å². The molecule has 2 fully saturated rings. The summed E-state index contributed by atoms with van der Waals surface area (Å²) in [6.07, 6.45) is 1.76. The molecule has 0 aromatic carbocycles. The quantitative estimate of drug-likeness (QED) is 0.792. The third-order valence-corrected chi connectivity index (χ3v) is 4.14. The summed E-state index contributed by atoms with van der Waals surface area (Å²) in [4.78, 5) is 26.5. The lowest BCUT2D eigenvalue weighted by Gasteiger charge is -2.40. The number of piperidine rings is 1. The van der Waals surface area contributed by atoms with Crippen LogP contribution in [-0.4, -0.2) is 48.4 Å². The van der Waals surface area contributed by atoms with Crippen LogP contribution in [0.3, 0.4) is 0 Å². The maximum Gasteiger partial charge on any atom is 0.243 e. The molecule has 2 N–H and O–H groups in total. The summed E-state index contributed by atoms with van der Waals surface area (Å²) in [7, 11) is 0. The SMILES string of the molecule is CC(C)C1C(=O)NCCN1C(=O)[C@H]1CCN[C@@H](C)C1.Cl. The molecule has 2 aliphatic rings. The Morgan fingerprint density at radius 3 is 2.65 bits per heavy atom. The highest BCUT2D eigenvalue weighted by atomic mass is 35.5. The first-order valence-electron chi connectivity index (χ1n) is 7.32. The van der Waals surface area contributed by atoms with Gasteiger partial charge in [-0.1, -0.05) is 13.8 Å². The van der Waals surface area contributed by atoms with Gasteiger partial charge in [0.25, 0.3) is 0 Å². The topological polar surface area (TPSA) is 61.4 Å². The lowest BCUT2D eigenvalue weighted by Crippen LogP contribution is -2.60. The van der Waals surface area contributed by atoms with Gasteiger partial charge in [0.1, 0.15) is 6.04 Å². The van der Waals surface area contributed by atoms with Gasteiger partial charge in [-0.15, -0.1) is 12.4 Å². The minimum absolute atomic E-state index is 0. The summed E-state index contributed by atoms with van der Waals surface area (Å²) in [6.45, 7) is 8.23. The highest BCUT2D eigenvalue weighted by molar-refractivity contribution is 5.90. The molecule has 116 valence electrons. The normalized spacial score (nSPS) is 30.7. The van der Waals surface area contributed by atoms with Gasteiger partial charge in [0, 0.05) is 25.0 Å². The number of piperazine rings is 1. The Balaban J connectivity index is 0.00000200. The van der Waals surface area contributed by atoms with E-state index >= 15 is 0 Å². The predicted octanol–water partition coefficient (Wildman–Crippen LogP) is 0.779. The molecule has 20 heavy (non-hydrogen) atoms. The summed E-state index contributed by atoms with van der Waals surface area (Å²) in [6, 6.07) is 0.0882. The molecule has 0 radical (unpaired) electrons. The minimum atomic E-state index is -0.300. The Bertz CT molecular complexity index is 362. The van der Waals surface area contributed by atoms with Crippen molar-refractivity contribution in [1.29, 1.82) is 0 Å². The van der Waals surface area contributed by atoms with Gasteiger partial charge in [-0.25, -0.2) is 0 Å². The molecule has 3 atom stereocenters. The molecule has 2 aliphatic heterocycles. The van der Waals surface area contributed by atoms with E-state index in [1.165, 1.54) is 0 Å². The zero-order valence-corrected chi connectivity index (χ0v) is 13.3. The van der Waals surface area contributed by atoms with Crippen LogP contribution in [-0.2, 0) is 9.59 Å². The second-order valence-electron chi connectivity index (χ2n) is 6.09. The number of carbonyl (C=O) groups excluding carboxylic acids is 2. The van der Waals surface area contributed by atoms with Crippen molar-refractivity contribution >= 4 is 24.2 Å². The predicted molar refractivity (Wildman–Crippen MR) is 80.8 cm³/mol. The fourth-order valence-corrected chi connectivity index (χ4v) is 3.19. The molecule has 0 aromatic rings. The number of carbonyl (C=O) groups is 2. The number of amides is 2. The van der Waals surface area contributed by atoms with E-state index in [-0.39, 0.29) is 42.1 Å². The summed E-state index contributed by atoms with van der Waals surface area (Å²) in [5, 5.41) is 6.23. The molecular formula is C14H26ClN3O2. The summed E-state index contributed by atoms with van der Waals surface area (Å²) < 4.78 is 0. The van der Waals surface area contributed by atoms with E-state index < -0.39 is 0 Å². The summed E-state index contributed by atoms with van der Waals surface area (Å²) in [5.41, 5.74) is 0. The second-order valence-corrected chi connectivity index (χ2v) is 6.09. The number of hydrogen-bond acceptors (Lipinski definition) is 3. The molecular weight excluding hydrogens is 278 g/mol. The van der Waals surface area contributed by atoms with E-state index in [0.29, 0.717) is 19.1 Å². The van der Waals surface area contributed by atoms with Gasteiger partial charge < -0.3 is 15.5 Å². The lowest BCUT2D eigenvalue weighted by molar-refractivity contribution is -0.148. The number of rotatable bonds is 2. The van der Waals surface area contributed by atoms with Crippen LogP contribution in [0.1, 0.15) is 33.6 Å². The average molecular weight is 304 g/mol. The minimum Gasteiger partial charge on any atom is -0.353 e. The first kappa shape index (κ1) is 17.2. The molecule has 0 spiro atoms. The van der Waals surface area contributed by atoms with Gasteiger partial charge in [0.05, 0.1) is 0 Å². The zero-order valence-electron chi connectivity index (χ0n) is 12.5. The molecule has 2 rings (SSSR count). The highest BCUT2D eigenvalue weighted by Crippen LogP contribution is 2.23. The molecule has 6 heteroatoms. The maximum atomic E-state index is 12.7. The van der Waals surface area contributed by atoms with Crippen LogP contribution < -0.4 is 10.6 Å². The Morgan fingerprint density at radius 1 is 1.35 bits per heavy atom. The maximum absolute atomic E-state index is 12.7. The van der Waals surface area contributed by atoms with Crippen LogP contribution in [0.15, 0.2) is 0 Å². The fraction of sp³-hybridized carbons (Fsp3) is 0.857. The van der Waals surface area contributed by atoms with Gasteiger partial charge in [-0.3, -0.25) is 9.59 Å². The van der Waals surface area contributed by atoms with E-state index in [4.69, 9.17) is 0 Å². The van der Waals surface area contributed by atoms with E-state index in [1.807, 2.05) is 18.7 Å². The van der Waals surface area contributed by atoms with Crippen molar-refractivity contribution in [3.63, 3.8) is 0 Å². The number of nitrogens with one attached hydrogen (secondary N) is 2. The van der Waals surface area contributed by atoms with Crippen LogP contribution >= 0.6 is 12.4 Å².